The van der Waals surface area contributed by atoms with Crippen molar-refractivity contribution < 1.29 is 14.3 Å². The number of rotatable bonds is 7. The average molecular weight is 313 g/mol. The Hall–Kier alpha value is -2.49. The van der Waals surface area contributed by atoms with Crippen LogP contribution in [0.15, 0.2) is 54.6 Å². The first-order chi connectivity index (χ1) is 11.2. The number of ether oxygens (including phenoxy) is 2. The molecule has 122 valence electrons. The van der Waals surface area contributed by atoms with Gasteiger partial charge in [0.05, 0.1) is 6.61 Å². The van der Waals surface area contributed by atoms with Crippen LogP contribution in [0.5, 0.6) is 5.75 Å². The van der Waals surface area contributed by atoms with Crippen molar-refractivity contribution in [3.63, 3.8) is 0 Å². The molecule has 0 heterocycles. The number of aryl methyl sites for hydroxylation is 1. The van der Waals surface area contributed by atoms with Gasteiger partial charge in [-0.25, -0.2) is 4.79 Å². The van der Waals surface area contributed by atoms with E-state index in [1.54, 1.807) is 6.92 Å². The predicted octanol–water partition coefficient (Wildman–Crippen LogP) is 4.25. The molecule has 0 spiro atoms. The minimum absolute atomic E-state index is 0.126. The number of benzene rings is 2. The zero-order chi connectivity index (χ0) is 16.5. The topological polar surface area (TPSA) is 47.6 Å². The van der Waals surface area contributed by atoms with Crippen LogP contribution in [0.2, 0.25) is 0 Å². The molecule has 0 saturated heterocycles. The van der Waals surface area contributed by atoms with Crippen molar-refractivity contribution in [3.8, 4) is 5.75 Å². The first-order valence-corrected chi connectivity index (χ1v) is 7.88. The minimum Gasteiger partial charge on any atom is -0.485 e. The lowest BCUT2D eigenvalue weighted by Crippen LogP contribution is -2.27. The highest BCUT2D eigenvalue weighted by atomic mass is 16.5. The fourth-order valence-corrected chi connectivity index (χ4v) is 2.29. The molecule has 0 bridgehead atoms. The summed E-state index contributed by atoms with van der Waals surface area (Å²) in [5.41, 5.74) is 2.17. The molecule has 4 heteroatoms. The predicted molar refractivity (Wildman–Crippen MR) is 90.6 cm³/mol. The third kappa shape index (κ3) is 5.33. The van der Waals surface area contributed by atoms with Crippen molar-refractivity contribution in [3.05, 3.63) is 65.7 Å². The monoisotopic (exact) mass is 313 g/mol. The molecule has 23 heavy (non-hydrogen) atoms. The zero-order valence-electron chi connectivity index (χ0n) is 13.6. The Kier molecular flexibility index (Phi) is 6.48. The van der Waals surface area contributed by atoms with Crippen LogP contribution in [0.25, 0.3) is 0 Å². The SMILES string of the molecule is CCOC(=O)NCCC(Oc1ccccc1C)c1ccccc1. The van der Waals surface area contributed by atoms with Gasteiger partial charge in [-0.15, -0.1) is 0 Å². The molecule has 0 radical (unpaired) electrons. The highest BCUT2D eigenvalue weighted by Gasteiger charge is 2.15. The number of para-hydroxylation sites is 1. The molecule has 2 rings (SSSR count). The highest BCUT2D eigenvalue weighted by Crippen LogP contribution is 2.26. The maximum Gasteiger partial charge on any atom is 0.407 e. The van der Waals surface area contributed by atoms with Crippen LogP contribution >= 0.6 is 0 Å². The Morgan fingerprint density at radius 1 is 1.09 bits per heavy atom. The highest BCUT2D eigenvalue weighted by molar-refractivity contribution is 5.66. The molecule has 1 atom stereocenters. The normalized spacial score (nSPS) is 11.6. The van der Waals surface area contributed by atoms with Crippen LogP contribution in [-0.2, 0) is 4.74 Å². The van der Waals surface area contributed by atoms with E-state index >= 15 is 0 Å². The van der Waals surface area contributed by atoms with Gasteiger partial charge in [0, 0.05) is 13.0 Å². The van der Waals surface area contributed by atoms with E-state index in [-0.39, 0.29) is 6.10 Å². The van der Waals surface area contributed by atoms with Gasteiger partial charge in [-0.05, 0) is 31.0 Å². The zero-order valence-corrected chi connectivity index (χ0v) is 13.6. The van der Waals surface area contributed by atoms with E-state index in [4.69, 9.17) is 9.47 Å². The van der Waals surface area contributed by atoms with Crippen LogP contribution in [0.1, 0.15) is 30.6 Å². The van der Waals surface area contributed by atoms with E-state index in [2.05, 4.69) is 5.32 Å². The molecule has 0 fully saturated rings. The Morgan fingerprint density at radius 2 is 1.78 bits per heavy atom. The van der Waals surface area contributed by atoms with Crippen LogP contribution in [-0.4, -0.2) is 19.2 Å². The number of carbonyl (C=O) groups excluding carboxylic acids is 1. The van der Waals surface area contributed by atoms with E-state index in [1.165, 1.54) is 0 Å². The van der Waals surface area contributed by atoms with Gasteiger partial charge in [0.1, 0.15) is 11.9 Å². The summed E-state index contributed by atoms with van der Waals surface area (Å²) in [6.45, 7) is 4.67. The van der Waals surface area contributed by atoms with E-state index in [0.717, 1.165) is 16.9 Å². The number of alkyl carbamates (subject to hydrolysis) is 1. The van der Waals surface area contributed by atoms with Gasteiger partial charge >= 0.3 is 6.09 Å². The summed E-state index contributed by atoms with van der Waals surface area (Å²) in [6.07, 6.45) is 0.145. The second-order valence-electron chi connectivity index (χ2n) is 5.22. The van der Waals surface area contributed by atoms with Crippen molar-refractivity contribution >= 4 is 6.09 Å². The van der Waals surface area contributed by atoms with Gasteiger partial charge in [-0.3, -0.25) is 0 Å². The Bertz CT molecular complexity index is 613. The summed E-state index contributed by atoms with van der Waals surface area (Å²) in [7, 11) is 0. The van der Waals surface area contributed by atoms with E-state index in [9.17, 15) is 4.79 Å². The second-order valence-corrected chi connectivity index (χ2v) is 5.22. The van der Waals surface area contributed by atoms with Gasteiger partial charge in [0.25, 0.3) is 0 Å². The molecule has 1 amide bonds. The molecular weight excluding hydrogens is 290 g/mol. The van der Waals surface area contributed by atoms with E-state index in [1.807, 2.05) is 61.5 Å². The van der Waals surface area contributed by atoms with E-state index < -0.39 is 6.09 Å². The molecule has 0 aliphatic heterocycles. The quantitative estimate of drug-likeness (QED) is 0.831. The van der Waals surface area contributed by atoms with Gasteiger partial charge in [0.15, 0.2) is 0 Å². The van der Waals surface area contributed by atoms with Gasteiger partial charge in [-0.2, -0.15) is 0 Å². The molecular formula is C19H23NO3. The molecule has 0 saturated carbocycles. The third-order valence-corrected chi connectivity index (χ3v) is 3.49. The number of hydrogen-bond acceptors (Lipinski definition) is 3. The molecule has 2 aromatic carbocycles. The fourth-order valence-electron chi connectivity index (χ4n) is 2.29. The van der Waals surface area contributed by atoms with Crippen molar-refractivity contribution in [2.45, 2.75) is 26.4 Å². The van der Waals surface area contributed by atoms with Crippen molar-refractivity contribution in [1.29, 1.82) is 0 Å². The lowest BCUT2D eigenvalue weighted by Gasteiger charge is -2.21. The maximum atomic E-state index is 11.4. The van der Waals surface area contributed by atoms with Crippen LogP contribution in [0, 0.1) is 6.92 Å². The standard InChI is InChI=1S/C19H23NO3/c1-3-22-19(21)20-14-13-18(16-10-5-4-6-11-16)23-17-12-8-7-9-15(17)2/h4-12,18H,3,13-14H2,1-2H3,(H,20,21). The first kappa shape index (κ1) is 16.9. The van der Waals surface area contributed by atoms with Crippen LogP contribution < -0.4 is 10.1 Å². The van der Waals surface area contributed by atoms with Crippen LogP contribution in [0.3, 0.4) is 0 Å². The van der Waals surface area contributed by atoms with E-state index in [0.29, 0.717) is 19.6 Å². The smallest absolute Gasteiger partial charge is 0.407 e. The Morgan fingerprint density at radius 3 is 2.48 bits per heavy atom. The number of amides is 1. The maximum absolute atomic E-state index is 11.4. The molecule has 4 nitrogen and oxygen atoms in total. The lowest BCUT2D eigenvalue weighted by atomic mass is 10.1. The largest absolute Gasteiger partial charge is 0.485 e. The summed E-state index contributed by atoms with van der Waals surface area (Å²) < 4.78 is 11.1. The fraction of sp³-hybridized carbons (Fsp3) is 0.316. The number of nitrogens with one attached hydrogen (secondary N) is 1. The molecule has 1 unspecified atom stereocenters. The lowest BCUT2D eigenvalue weighted by molar-refractivity contribution is 0.147. The first-order valence-electron chi connectivity index (χ1n) is 7.88. The van der Waals surface area contributed by atoms with Gasteiger partial charge in [-0.1, -0.05) is 48.5 Å². The Balaban J connectivity index is 2.04. The minimum atomic E-state index is -0.393. The van der Waals surface area contributed by atoms with Crippen LogP contribution in [0.4, 0.5) is 4.79 Å². The van der Waals surface area contributed by atoms with Crippen molar-refractivity contribution in [2.24, 2.45) is 0 Å². The summed E-state index contributed by atoms with van der Waals surface area (Å²) in [5, 5.41) is 2.74. The molecule has 1 N–H and O–H groups in total. The molecule has 2 aromatic rings. The van der Waals surface area contributed by atoms with Crippen molar-refractivity contribution in [1.82, 2.24) is 5.32 Å². The number of carbonyl (C=O) groups is 1. The second kappa shape index (κ2) is 8.83. The summed E-state index contributed by atoms with van der Waals surface area (Å²) in [5.74, 6) is 0.859. The summed E-state index contributed by atoms with van der Waals surface area (Å²) in [4.78, 5) is 11.4. The van der Waals surface area contributed by atoms with Crippen molar-refractivity contribution in [2.75, 3.05) is 13.2 Å². The summed E-state index contributed by atoms with van der Waals surface area (Å²) >= 11 is 0. The van der Waals surface area contributed by atoms with Gasteiger partial charge in [0.2, 0.25) is 0 Å². The number of hydrogen-bond donors (Lipinski definition) is 1. The molecule has 0 aliphatic rings. The molecule has 0 aliphatic carbocycles. The average Bonchev–Trinajstić information content (AvgIpc) is 2.57. The Labute approximate surface area is 137 Å². The molecule has 0 aromatic heterocycles. The van der Waals surface area contributed by atoms with Gasteiger partial charge < -0.3 is 14.8 Å². The third-order valence-electron chi connectivity index (χ3n) is 3.49. The summed E-state index contributed by atoms with van der Waals surface area (Å²) in [6, 6.07) is 18.0.